The Balaban J connectivity index is 1.32. The Morgan fingerprint density at radius 3 is 2.77 bits per heavy atom. The monoisotopic (exact) mass is 419 g/mol. The normalized spacial score (nSPS) is 15.5. The molecule has 2 aliphatic rings. The van der Waals surface area contributed by atoms with Crippen molar-refractivity contribution < 1.29 is 14.3 Å². The molecule has 1 aromatic heterocycles. The van der Waals surface area contributed by atoms with Crippen molar-refractivity contribution in [3.8, 4) is 11.5 Å². The minimum Gasteiger partial charge on any atom is -0.486 e. The molecule has 0 bridgehead atoms. The first-order chi connectivity index (χ1) is 15.0. The molecule has 3 heterocycles. The van der Waals surface area contributed by atoms with Gasteiger partial charge in [-0.05, 0) is 43.2 Å². The van der Waals surface area contributed by atoms with E-state index in [-0.39, 0.29) is 17.9 Å². The highest BCUT2D eigenvalue weighted by molar-refractivity contribution is 5.92. The number of carbonyl (C=O) groups excluding carboxylic acids is 1. The number of aryl methyl sites for hydroxylation is 2. The fourth-order valence-electron chi connectivity index (χ4n) is 4.45. The molecule has 7 nitrogen and oxygen atoms in total. The number of anilines is 1. The van der Waals surface area contributed by atoms with Crippen LogP contribution in [0, 0.1) is 13.8 Å². The maximum absolute atomic E-state index is 13.2. The predicted molar refractivity (Wildman–Crippen MR) is 119 cm³/mol. The van der Waals surface area contributed by atoms with Gasteiger partial charge in [0.15, 0.2) is 16.9 Å². The number of nitrogens with one attached hydrogen (secondary N) is 2. The van der Waals surface area contributed by atoms with Crippen molar-refractivity contribution in [3.63, 3.8) is 0 Å². The van der Waals surface area contributed by atoms with Crippen molar-refractivity contribution in [2.24, 2.45) is 0 Å². The van der Waals surface area contributed by atoms with Crippen LogP contribution in [0.1, 0.15) is 22.4 Å². The SMILES string of the molecule is Cc1cc(C)c2[nH]c3c(c(=O)c2c1)CN(CC(=O)Nc1ccc2c(c1)OCCO2)CC3. The number of H-pyrrole nitrogens is 1. The molecule has 0 atom stereocenters. The number of hydrogen-bond donors (Lipinski definition) is 2. The Morgan fingerprint density at radius 2 is 1.94 bits per heavy atom. The third-order valence-electron chi connectivity index (χ3n) is 5.89. The van der Waals surface area contributed by atoms with E-state index in [2.05, 4.69) is 16.4 Å². The zero-order valence-corrected chi connectivity index (χ0v) is 17.7. The Morgan fingerprint density at radius 1 is 1.13 bits per heavy atom. The molecule has 0 aliphatic carbocycles. The fraction of sp³-hybridized carbons (Fsp3) is 0.333. The molecule has 0 saturated carbocycles. The molecule has 31 heavy (non-hydrogen) atoms. The van der Waals surface area contributed by atoms with Gasteiger partial charge in [0.05, 0.1) is 12.1 Å². The van der Waals surface area contributed by atoms with Crippen LogP contribution >= 0.6 is 0 Å². The Labute approximate surface area is 180 Å². The molecule has 0 radical (unpaired) electrons. The van der Waals surface area contributed by atoms with Crippen LogP contribution in [-0.4, -0.2) is 42.1 Å². The summed E-state index contributed by atoms with van der Waals surface area (Å²) >= 11 is 0. The van der Waals surface area contributed by atoms with E-state index in [0.717, 1.165) is 33.3 Å². The maximum Gasteiger partial charge on any atom is 0.238 e. The van der Waals surface area contributed by atoms with Crippen LogP contribution in [0.5, 0.6) is 11.5 Å². The molecular formula is C24H25N3O4. The molecule has 1 amide bonds. The molecule has 7 heteroatoms. The maximum atomic E-state index is 13.2. The van der Waals surface area contributed by atoms with Crippen molar-refractivity contribution in [1.29, 1.82) is 0 Å². The van der Waals surface area contributed by atoms with Gasteiger partial charge in [-0.3, -0.25) is 14.5 Å². The summed E-state index contributed by atoms with van der Waals surface area (Å²) in [5.41, 5.74) is 5.54. The molecule has 0 unspecified atom stereocenters. The second-order valence-electron chi connectivity index (χ2n) is 8.28. The molecule has 5 rings (SSSR count). The molecule has 2 N–H and O–H groups in total. The Kier molecular flexibility index (Phi) is 4.90. The van der Waals surface area contributed by atoms with Crippen LogP contribution < -0.4 is 20.2 Å². The summed E-state index contributed by atoms with van der Waals surface area (Å²) in [6, 6.07) is 9.41. The number of hydrogen-bond acceptors (Lipinski definition) is 5. The number of benzene rings is 2. The summed E-state index contributed by atoms with van der Waals surface area (Å²) in [4.78, 5) is 31.3. The van der Waals surface area contributed by atoms with Gasteiger partial charge in [0.25, 0.3) is 0 Å². The lowest BCUT2D eigenvalue weighted by molar-refractivity contribution is -0.117. The van der Waals surface area contributed by atoms with Crippen molar-refractivity contribution in [2.75, 3.05) is 31.6 Å². The average molecular weight is 419 g/mol. The number of amides is 1. The molecule has 160 valence electrons. The number of carbonyl (C=O) groups is 1. The first-order valence-corrected chi connectivity index (χ1v) is 10.5. The van der Waals surface area contributed by atoms with Crippen LogP contribution in [-0.2, 0) is 17.8 Å². The summed E-state index contributed by atoms with van der Waals surface area (Å²) in [6.45, 7) is 6.45. The molecule has 0 spiro atoms. The first kappa shape index (κ1) is 19.6. The van der Waals surface area contributed by atoms with E-state index in [4.69, 9.17) is 9.47 Å². The van der Waals surface area contributed by atoms with Crippen molar-refractivity contribution in [1.82, 2.24) is 9.88 Å². The summed E-state index contributed by atoms with van der Waals surface area (Å²) in [5, 5.41) is 3.64. The molecule has 3 aromatic rings. The highest BCUT2D eigenvalue weighted by atomic mass is 16.6. The Bertz CT molecular complexity index is 1250. The van der Waals surface area contributed by atoms with E-state index in [1.165, 1.54) is 0 Å². The first-order valence-electron chi connectivity index (χ1n) is 10.5. The number of ether oxygens (including phenoxy) is 2. The van der Waals surface area contributed by atoms with E-state index < -0.39 is 0 Å². The van der Waals surface area contributed by atoms with Gasteiger partial charge < -0.3 is 19.8 Å². The summed E-state index contributed by atoms with van der Waals surface area (Å²) in [6.07, 6.45) is 0.713. The van der Waals surface area contributed by atoms with Gasteiger partial charge in [0, 0.05) is 47.9 Å². The zero-order chi connectivity index (χ0) is 21.5. The highest BCUT2D eigenvalue weighted by Gasteiger charge is 2.23. The van der Waals surface area contributed by atoms with Crippen LogP contribution in [0.25, 0.3) is 10.9 Å². The lowest BCUT2D eigenvalue weighted by atomic mass is 9.99. The van der Waals surface area contributed by atoms with Crippen LogP contribution in [0.15, 0.2) is 35.1 Å². The highest BCUT2D eigenvalue weighted by Crippen LogP contribution is 2.32. The van der Waals surface area contributed by atoms with Gasteiger partial charge in [0.2, 0.25) is 5.91 Å². The summed E-state index contributed by atoms with van der Waals surface area (Å²) < 4.78 is 11.1. The summed E-state index contributed by atoms with van der Waals surface area (Å²) in [5.74, 6) is 1.21. The molecular weight excluding hydrogens is 394 g/mol. The largest absolute Gasteiger partial charge is 0.486 e. The number of pyridine rings is 1. The minimum atomic E-state index is -0.121. The van der Waals surface area contributed by atoms with Gasteiger partial charge in [-0.25, -0.2) is 0 Å². The minimum absolute atomic E-state index is 0.0625. The van der Waals surface area contributed by atoms with Crippen molar-refractivity contribution >= 4 is 22.5 Å². The quantitative estimate of drug-likeness (QED) is 0.682. The van der Waals surface area contributed by atoms with Gasteiger partial charge in [0.1, 0.15) is 13.2 Å². The fourth-order valence-corrected chi connectivity index (χ4v) is 4.45. The van der Waals surface area contributed by atoms with E-state index in [1.807, 2.05) is 24.8 Å². The van der Waals surface area contributed by atoms with Crippen molar-refractivity contribution in [2.45, 2.75) is 26.8 Å². The topological polar surface area (TPSA) is 83.7 Å². The number of fused-ring (bicyclic) bond motifs is 3. The van der Waals surface area contributed by atoms with E-state index in [9.17, 15) is 9.59 Å². The zero-order valence-electron chi connectivity index (χ0n) is 17.7. The summed E-state index contributed by atoms with van der Waals surface area (Å²) in [7, 11) is 0. The average Bonchev–Trinajstić information content (AvgIpc) is 2.75. The van der Waals surface area contributed by atoms with Gasteiger partial charge >= 0.3 is 0 Å². The molecule has 0 fully saturated rings. The third-order valence-corrected chi connectivity index (χ3v) is 5.89. The predicted octanol–water partition coefficient (Wildman–Crippen LogP) is 2.91. The number of aromatic nitrogens is 1. The molecule has 0 saturated heterocycles. The third kappa shape index (κ3) is 3.77. The van der Waals surface area contributed by atoms with Gasteiger partial charge in [-0.1, -0.05) is 6.07 Å². The lowest BCUT2D eigenvalue weighted by Gasteiger charge is -2.28. The lowest BCUT2D eigenvalue weighted by Crippen LogP contribution is -2.39. The van der Waals surface area contributed by atoms with Gasteiger partial charge in [-0.15, -0.1) is 0 Å². The van der Waals surface area contributed by atoms with Crippen LogP contribution in [0.4, 0.5) is 5.69 Å². The number of rotatable bonds is 3. The number of aromatic amines is 1. The molecule has 2 aliphatic heterocycles. The van der Waals surface area contributed by atoms with E-state index >= 15 is 0 Å². The van der Waals surface area contributed by atoms with Crippen molar-refractivity contribution in [3.05, 3.63) is 62.9 Å². The second kappa shape index (κ2) is 7.74. The van der Waals surface area contributed by atoms with E-state index in [0.29, 0.717) is 49.9 Å². The second-order valence-corrected chi connectivity index (χ2v) is 8.28. The number of nitrogens with zero attached hydrogens (tertiary/aromatic N) is 1. The van der Waals surface area contributed by atoms with Crippen LogP contribution in [0.3, 0.4) is 0 Å². The smallest absolute Gasteiger partial charge is 0.238 e. The standard InChI is InChI=1S/C24H25N3O4/c1-14-9-15(2)23-17(10-14)24(29)18-12-27(6-5-19(18)26-23)13-22(28)25-16-3-4-20-21(11-16)31-8-7-30-20/h3-4,9-11H,5-8,12-13H2,1-2H3,(H,25,28)(H,26,29). The Hall–Kier alpha value is -3.32. The van der Waals surface area contributed by atoms with E-state index in [1.54, 1.807) is 18.2 Å². The molecule has 2 aromatic carbocycles. The van der Waals surface area contributed by atoms with Crippen LogP contribution in [0.2, 0.25) is 0 Å². The van der Waals surface area contributed by atoms with Gasteiger partial charge in [-0.2, -0.15) is 0 Å².